The van der Waals surface area contributed by atoms with Crippen LogP contribution in [0, 0.1) is 0 Å². The Labute approximate surface area is 115 Å². The summed E-state index contributed by atoms with van der Waals surface area (Å²) in [6.45, 7) is 0.934. The molecule has 5 nitrogen and oxygen atoms in total. The first-order valence-electron chi connectivity index (χ1n) is 6.22. The Balaban J connectivity index is 2.27. The fourth-order valence-corrected chi connectivity index (χ4v) is 2.97. The van der Waals surface area contributed by atoms with Crippen LogP contribution in [0.4, 0.5) is 13.2 Å². The number of nitrogens with one attached hydrogen (secondary N) is 1. The molecule has 2 rings (SSSR count). The van der Waals surface area contributed by atoms with Crippen LogP contribution in [-0.2, 0) is 35.5 Å². The van der Waals surface area contributed by atoms with Crippen LogP contribution in [0.2, 0.25) is 0 Å². The van der Waals surface area contributed by atoms with E-state index < -0.39 is 21.8 Å². The number of halogens is 3. The van der Waals surface area contributed by atoms with Crippen LogP contribution in [-0.4, -0.2) is 36.5 Å². The number of hydrogen-bond donors (Lipinski definition) is 1. The molecule has 1 N–H and O–H groups in total. The molecule has 1 aliphatic rings. The first-order valence-corrected chi connectivity index (χ1v) is 8.28. The largest absolute Gasteiger partial charge is 0.449 e. The topological polar surface area (TPSA) is 64.0 Å². The lowest BCUT2D eigenvalue weighted by atomic mass is 10.2. The third-order valence-corrected chi connectivity index (χ3v) is 4.17. The second-order valence-electron chi connectivity index (χ2n) is 4.89. The van der Waals surface area contributed by atoms with Gasteiger partial charge in [-0.1, -0.05) is 0 Å². The number of imidazole rings is 1. The van der Waals surface area contributed by atoms with E-state index in [2.05, 4.69) is 10.3 Å². The van der Waals surface area contributed by atoms with Gasteiger partial charge in [-0.25, -0.2) is 13.4 Å². The Morgan fingerprint density at radius 2 is 2.10 bits per heavy atom. The Bertz CT molecular complexity index is 593. The van der Waals surface area contributed by atoms with Crippen LogP contribution in [0.15, 0.2) is 0 Å². The van der Waals surface area contributed by atoms with Gasteiger partial charge in [-0.2, -0.15) is 13.2 Å². The standard InChI is InChI=1S/C11H16F3N3O2S/c1-20(18,19)6-2-5-17-9-3-4-15-7-8(9)16-10(17)11(12,13)14/h15H,2-7H2,1H3. The van der Waals surface area contributed by atoms with Gasteiger partial charge in [0.1, 0.15) is 9.84 Å². The average molecular weight is 311 g/mol. The van der Waals surface area contributed by atoms with Crippen molar-refractivity contribution in [2.45, 2.75) is 32.1 Å². The molecular formula is C11H16F3N3O2S. The smallest absolute Gasteiger partial charge is 0.324 e. The van der Waals surface area contributed by atoms with Crippen molar-refractivity contribution in [2.24, 2.45) is 0 Å². The highest BCUT2D eigenvalue weighted by atomic mass is 32.2. The van der Waals surface area contributed by atoms with Gasteiger partial charge in [0.25, 0.3) is 0 Å². The monoisotopic (exact) mass is 311 g/mol. The van der Waals surface area contributed by atoms with Gasteiger partial charge in [-0.3, -0.25) is 0 Å². The van der Waals surface area contributed by atoms with Crippen LogP contribution in [0.25, 0.3) is 0 Å². The maximum Gasteiger partial charge on any atom is 0.449 e. The van der Waals surface area contributed by atoms with Gasteiger partial charge in [0.05, 0.1) is 11.4 Å². The number of aromatic nitrogens is 2. The molecule has 0 aromatic carbocycles. The highest BCUT2D eigenvalue weighted by Crippen LogP contribution is 2.31. The summed E-state index contributed by atoms with van der Waals surface area (Å²) in [5.41, 5.74) is 0.965. The second-order valence-corrected chi connectivity index (χ2v) is 7.15. The van der Waals surface area contributed by atoms with E-state index in [1.54, 1.807) is 0 Å². The van der Waals surface area contributed by atoms with Gasteiger partial charge in [-0.15, -0.1) is 0 Å². The summed E-state index contributed by atoms with van der Waals surface area (Å²) >= 11 is 0. The quantitative estimate of drug-likeness (QED) is 0.900. The van der Waals surface area contributed by atoms with Crippen molar-refractivity contribution in [3.05, 3.63) is 17.2 Å². The van der Waals surface area contributed by atoms with Gasteiger partial charge in [-0.05, 0) is 6.42 Å². The molecule has 1 aromatic rings. The number of hydrogen-bond acceptors (Lipinski definition) is 4. The molecule has 0 atom stereocenters. The molecule has 1 aliphatic heterocycles. The third-order valence-electron chi connectivity index (χ3n) is 3.14. The van der Waals surface area contributed by atoms with Gasteiger partial charge >= 0.3 is 6.18 Å². The van der Waals surface area contributed by atoms with Crippen molar-refractivity contribution < 1.29 is 21.6 Å². The van der Waals surface area contributed by atoms with E-state index in [0.717, 1.165) is 10.8 Å². The Kier molecular flexibility index (Phi) is 4.10. The maximum atomic E-state index is 13.0. The third kappa shape index (κ3) is 3.51. The Morgan fingerprint density at radius 3 is 2.70 bits per heavy atom. The van der Waals surface area contributed by atoms with Crippen LogP contribution < -0.4 is 5.32 Å². The molecule has 0 fully saturated rings. The summed E-state index contributed by atoms with van der Waals surface area (Å²) in [6, 6.07) is 0. The first kappa shape index (κ1) is 15.3. The van der Waals surface area contributed by atoms with Gasteiger partial charge in [0.2, 0.25) is 5.82 Å². The number of nitrogens with zero attached hydrogens (tertiary/aromatic N) is 2. The minimum atomic E-state index is -4.53. The van der Waals surface area contributed by atoms with Crippen molar-refractivity contribution in [1.82, 2.24) is 14.9 Å². The molecule has 1 aromatic heterocycles. The van der Waals surface area contributed by atoms with Crippen molar-refractivity contribution in [2.75, 3.05) is 18.6 Å². The molecule has 114 valence electrons. The zero-order valence-corrected chi connectivity index (χ0v) is 11.8. The minimum Gasteiger partial charge on any atom is -0.324 e. The molecule has 2 heterocycles. The normalized spacial score (nSPS) is 16.2. The second kappa shape index (κ2) is 5.36. The summed E-state index contributed by atoms with van der Waals surface area (Å²) in [4.78, 5) is 3.66. The van der Waals surface area contributed by atoms with Gasteiger partial charge in [0.15, 0.2) is 0 Å². The van der Waals surface area contributed by atoms with E-state index in [1.165, 1.54) is 0 Å². The van der Waals surface area contributed by atoms with Crippen LogP contribution >= 0.6 is 0 Å². The number of rotatable bonds is 4. The fraction of sp³-hybridized carbons (Fsp3) is 0.727. The summed E-state index contributed by atoms with van der Waals surface area (Å²) in [7, 11) is -3.17. The van der Waals surface area contributed by atoms with E-state index in [9.17, 15) is 21.6 Å². The molecule has 20 heavy (non-hydrogen) atoms. The van der Waals surface area contributed by atoms with E-state index in [1.807, 2.05) is 0 Å². The van der Waals surface area contributed by atoms with E-state index in [0.29, 0.717) is 30.9 Å². The lowest BCUT2D eigenvalue weighted by Gasteiger charge is -2.16. The predicted molar refractivity (Wildman–Crippen MR) is 67.0 cm³/mol. The van der Waals surface area contributed by atoms with Gasteiger partial charge in [0, 0.05) is 38.0 Å². The van der Waals surface area contributed by atoms with Crippen molar-refractivity contribution in [1.29, 1.82) is 0 Å². The van der Waals surface area contributed by atoms with Crippen molar-refractivity contribution >= 4 is 9.84 Å². The van der Waals surface area contributed by atoms with Crippen LogP contribution in [0.5, 0.6) is 0 Å². The summed E-state index contributed by atoms with van der Waals surface area (Å²) in [6.07, 6.45) is -2.83. The molecule has 9 heteroatoms. The van der Waals surface area contributed by atoms with Crippen LogP contribution in [0.3, 0.4) is 0 Å². The molecular weight excluding hydrogens is 295 g/mol. The molecule has 0 unspecified atom stereocenters. The zero-order chi connectivity index (χ0) is 15.0. The molecule has 0 saturated carbocycles. The Hall–Kier alpha value is -1.09. The number of fused-ring (bicyclic) bond motifs is 1. The molecule has 0 amide bonds. The highest BCUT2D eigenvalue weighted by Gasteiger charge is 2.39. The van der Waals surface area contributed by atoms with Gasteiger partial charge < -0.3 is 9.88 Å². The van der Waals surface area contributed by atoms with Crippen molar-refractivity contribution in [3.63, 3.8) is 0 Å². The van der Waals surface area contributed by atoms with E-state index in [-0.39, 0.29) is 18.7 Å². The van der Waals surface area contributed by atoms with E-state index in [4.69, 9.17) is 0 Å². The maximum absolute atomic E-state index is 13.0. The van der Waals surface area contributed by atoms with Crippen LogP contribution in [0.1, 0.15) is 23.6 Å². The highest BCUT2D eigenvalue weighted by molar-refractivity contribution is 7.90. The SMILES string of the molecule is CS(=O)(=O)CCCn1c(C(F)(F)F)nc2c1CCNC2. The lowest BCUT2D eigenvalue weighted by molar-refractivity contribution is -0.147. The molecule has 0 saturated heterocycles. The fourth-order valence-electron chi connectivity index (χ4n) is 2.31. The molecule has 0 bridgehead atoms. The number of sulfone groups is 1. The Morgan fingerprint density at radius 1 is 1.40 bits per heavy atom. The molecule has 0 aliphatic carbocycles. The lowest BCUT2D eigenvalue weighted by Crippen LogP contribution is -2.25. The van der Waals surface area contributed by atoms with Crippen molar-refractivity contribution in [3.8, 4) is 0 Å². The predicted octanol–water partition coefficient (Wildman–Crippen LogP) is 0.982. The molecule has 0 spiro atoms. The average Bonchev–Trinajstić information content (AvgIpc) is 2.67. The first-order chi connectivity index (χ1) is 9.18. The zero-order valence-electron chi connectivity index (χ0n) is 11.0. The molecule has 0 radical (unpaired) electrons. The van der Waals surface area contributed by atoms with E-state index >= 15 is 0 Å². The summed E-state index contributed by atoms with van der Waals surface area (Å²) < 4.78 is 62.2. The minimum absolute atomic E-state index is 0.0181. The summed E-state index contributed by atoms with van der Waals surface area (Å²) in [5.74, 6) is -1.06. The summed E-state index contributed by atoms with van der Waals surface area (Å²) in [5, 5.41) is 2.97. The number of alkyl halides is 3.